The Balaban J connectivity index is 2.22. The van der Waals surface area contributed by atoms with E-state index in [2.05, 4.69) is 0 Å². The van der Waals surface area contributed by atoms with Gasteiger partial charge in [-0.2, -0.15) is 0 Å². The number of hydrogen-bond acceptors (Lipinski definition) is 4. The first kappa shape index (κ1) is 10.7. The molecule has 0 saturated carbocycles. The topological polar surface area (TPSA) is 35.5 Å². The lowest BCUT2D eigenvalue weighted by Gasteiger charge is -2.07. The van der Waals surface area contributed by atoms with Gasteiger partial charge in [-0.15, -0.1) is 0 Å². The number of thiophene rings is 1. The number of para-hydroxylation sites is 2. The fraction of sp³-hybridized carbons (Fsp3) is 0.0833. The van der Waals surface area contributed by atoms with E-state index in [4.69, 9.17) is 9.47 Å². The zero-order chi connectivity index (χ0) is 11.4. The molecule has 0 fully saturated rings. The van der Waals surface area contributed by atoms with E-state index in [9.17, 15) is 4.79 Å². The van der Waals surface area contributed by atoms with Gasteiger partial charge in [0.15, 0.2) is 22.8 Å². The molecule has 1 aromatic carbocycles. The maximum absolute atomic E-state index is 10.5. The Labute approximate surface area is 97.2 Å². The van der Waals surface area contributed by atoms with Crippen LogP contribution in [0.3, 0.4) is 0 Å². The molecular weight excluding hydrogens is 224 g/mol. The Morgan fingerprint density at radius 3 is 2.50 bits per heavy atom. The Hall–Kier alpha value is -1.81. The van der Waals surface area contributed by atoms with E-state index in [0.29, 0.717) is 21.4 Å². The van der Waals surface area contributed by atoms with Crippen molar-refractivity contribution < 1.29 is 14.3 Å². The van der Waals surface area contributed by atoms with Crippen molar-refractivity contribution in [3.63, 3.8) is 0 Å². The van der Waals surface area contributed by atoms with Gasteiger partial charge in [-0.05, 0) is 24.3 Å². The van der Waals surface area contributed by atoms with Crippen LogP contribution in [0.15, 0.2) is 36.4 Å². The number of carbonyl (C=O) groups excluding carboxylic acids is 1. The van der Waals surface area contributed by atoms with Gasteiger partial charge in [0.05, 0.1) is 12.0 Å². The van der Waals surface area contributed by atoms with Crippen LogP contribution in [0.5, 0.6) is 16.6 Å². The van der Waals surface area contributed by atoms with Crippen LogP contribution in [0.4, 0.5) is 0 Å². The number of aldehydes is 1. The van der Waals surface area contributed by atoms with Crippen molar-refractivity contribution in [1.29, 1.82) is 0 Å². The standard InChI is InChI=1S/C12H10O3S/c1-14-10-4-2-3-5-11(10)15-12-7-6-9(8-13)16-12/h2-8H,1H3. The van der Waals surface area contributed by atoms with Gasteiger partial charge in [-0.1, -0.05) is 23.5 Å². The summed E-state index contributed by atoms with van der Waals surface area (Å²) in [6.07, 6.45) is 0.805. The number of benzene rings is 1. The van der Waals surface area contributed by atoms with Crippen molar-refractivity contribution in [1.82, 2.24) is 0 Å². The Bertz CT molecular complexity index is 491. The first-order chi connectivity index (χ1) is 7.83. The highest BCUT2D eigenvalue weighted by Crippen LogP contribution is 2.34. The second-order valence-corrected chi connectivity index (χ2v) is 4.11. The quantitative estimate of drug-likeness (QED) is 0.761. The van der Waals surface area contributed by atoms with Gasteiger partial charge >= 0.3 is 0 Å². The summed E-state index contributed by atoms with van der Waals surface area (Å²) in [6, 6.07) is 10.9. The van der Waals surface area contributed by atoms with Crippen LogP contribution >= 0.6 is 11.3 Å². The zero-order valence-electron chi connectivity index (χ0n) is 8.67. The van der Waals surface area contributed by atoms with Crippen molar-refractivity contribution in [2.75, 3.05) is 7.11 Å². The molecule has 2 aromatic rings. The van der Waals surface area contributed by atoms with E-state index < -0.39 is 0 Å². The molecule has 0 atom stereocenters. The van der Waals surface area contributed by atoms with Gasteiger partial charge in [-0.25, -0.2) is 0 Å². The van der Waals surface area contributed by atoms with E-state index in [1.807, 2.05) is 24.3 Å². The zero-order valence-corrected chi connectivity index (χ0v) is 9.49. The third kappa shape index (κ3) is 2.23. The lowest BCUT2D eigenvalue weighted by Crippen LogP contribution is -1.87. The molecule has 0 aliphatic carbocycles. The number of methoxy groups -OCH3 is 1. The Morgan fingerprint density at radius 2 is 1.88 bits per heavy atom. The van der Waals surface area contributed by atoms with E-state index in [1.165, 1.54) is 11.3 Å². The summed E-state index contributed by atoms with van der Waals surface area (Å²) in [5.41, 5.74) is 0. The molecule has 0 aliphatic heterocycles. The Morgan fingerprint density at radius 1 is 1.12 bits per heavy atom. The van der Waals surface area contributed by atoms with E-state index in [0.717, 1.165) is 6.29 Å². The molecule has 4 heteroatoms. The molecule has 0 unspecified atom stereocenters. The lowest BCUT2D eigenvalue weighted by molar-refractivity contribution is 0.112. The summed E-state index contributed by atoms with van der Waals surface area (Å²) in [5.74, 6) is 1.31. The van der Waals surface area contributed by atoms with Crippen LogP contribution < -0.4 is 9.47 Å². The molecule has 1 heterocycles. The van der Waals surface area contributed by atoms with Crippen LogP contribution in [0.1, 0.15) is 9.67 Å². The number of rotatable bonds is 4. The average Bonchev–Trinajstić information content (AvgIpc) is 2.77. The summed E-state index contributed by atoms with van der Waals surface area (Å²) in [7, 11) is 1.59. The average molecular weight is 234 g/mol. The van der Waals surface area contributed by atoms with Crippen LogP contribution in [0, 0.1) is 0 Å². The fourth-order valence-electron chi connectivity index (χ4n) is 1.26. The van der Waals surface area contributed by atoms with Crippen molar-refractivity contribution in [2.24, 2.45) is 0 Å². The molecule has 0 spiro atoms. The predicted octanol–water partition coefficient (Wildman–Crippen LogP) is 3.36. The molecule has 0 N–H and O–H groups in total. The molecule has 0 amide bonds. The highest BCUT2D eigenvalue weighted by atomic mass is 32.1. The van der Waals surface area contributed by atoms with E-state index in [-0.39, 0.29) is 0 Å². The van der Waals surface area contributed by atoms with Gasteiger partial charge in [0, 0.05) is 0 Å². The predicted molar refractivity (Wildman–Crippen MR) is 62.8 cm³/mol. The van der Waals surface area contributed by atoms with Crippen molar-refractivity contribution in [3.8, 4) is 16.6 Å². The van der Waals surface area contributed by atoms with Gasteiger partial charge in [0.1, 0.15) is 0 Å². The smallest absolute Gasteiger partial charge is 0.181 e. The van der Waals surface area contributed by atoms with Gasteiger partial charge in [0.25, 0.3) is 0 Å². The highest BCUT2D eigenvalue weighted by Gasteiger charge is 2.06. The summed E-state index contributed by atoms with van der Waals surface area (Å²) in [6.45, 7) is 0. The largest absolute Gasteiger partial charge is 0.493 e. The minimum absolute atomic E-state index is 0.643. The highest BCUT2D eigenvalue weighted by molar-refractivity contribution is 7.15. The maximum atomic E-state index is 10.5. The molecule has 3 nitrogen and oxygen atoms in total. The second-order valence-electron chi connectivity index (χ2n) is 3.03. The number of carbonyl (C=O) groups is 1. The van der Waals surface area contributed by atoms with E-state index in [1.54, 1.807) is 19.2 Å². The molecule has 0 bridgehead atoms. The van der Waals surface area contributed by atoms with Crippen LogP contribution in [0.25, 0.3) is 0 Å². The third-order valence-electron chi connectivity index (χ3n) is 2.00. The molecule has 0 aliphatic rings. The van der Waals surface area contributed by atoms with Gasteiger partial charge in [-0.3, -0.25) is 4.79 Å². The normalized spacial score (nSPS) is 9.81. The monoisotopic (exact) mass is 234 g/mol. The SMILES string of the molecule is COc1ccccc1Oc1ccc(C=O)s1. The van der Waals surface area contributed by atoms with Crippen molar-refractivity contribution in [2.45, 2.75) is 0 Å². The summed E-state index contributed by atoms with van der Waals surface area (Å²) < 4.78 is 10.8. The lowest BCUT2D eigenvalue weighted by atomic mass is 10.3. The third-order valence-corrected chi connectivity index (χ3v) is 2.89. The molecule has 2 rings (SSSR count). The first-order valence-electron chi connectivity index (χ1n) is 4.69. The number of ether oxygens (including phenoxy) is 2. The second kappa shape index (κ2) is 4.81. The Kier molecular flexibility index (Phi) is 3.22. The van der Waals surface area contributed by atoms with Gasteiger partial charge in [0.2, 0.25) is 0 Å². The first-order valence-corrected chi connectivity index (χ1v) is 5.51. The van der Waals surface area contributed by atoms with E-state index >= 15 is 0 Å². The summed E-state index contributed by atoms with van der Waals surface area (Å²) in [5, 5.41) is 0.673. The molecular formula is C12H10O3S. The van der Waals surface area contributed by atoms with Crippen LogP contribution in [-0.2, 0) is 0 Å². The van der Waals surface area contributed by atoms with Crippen molar-refractivity contribution in [3.05, 3.63) is 41.3 Å². The van der Waals surface area contributed by atoms with Crippen LogP contribution in [0.2, 0.25) is 0 Å². The minimum Gasteiger partial charge on any atom is -0.493 e. The number of hydrogen-bond donors (Lipinski definition) is 0. The van der Waals surface area contributed by atoms with Crippen LogP contribution in [-0.4, -0.2) is 13.4 Å². The molecule has 82 valence electrons. The maximum Gasteiger partial charge on any atom is 0.181 e. The molecule has 0 saturated heterocycles. The summed E-state index contributed by atoms with van der Waals surface area (Å²) >= 11 is 1.30. The molecule has 16 heavy (non-hydrogen) atoms. The molecule has 0 radical (unpaired) electrons. The minimum atomic E-state index is 0.643. The molecule has 1 aromatic heterocycles. The summed E-state index contributed by atoms with van der Waals surface area (Å²) in [4.78, 5) is 11.2. The fourth-order valence-corrected chi connectivity index (χ4v) is 1.95. The van der Waals surface area contributed by atoms with Gasteiger partial charge < -0.3 is 9.47 Å². The van der Waals surface area contributed by atoms with Crippen molar-refractivity contribution >= 4 is 17.6 Å².